The lowest BCUT2D eigenvalue weighted by molar-refractivity contribution is 0.273. The van der Waals surface area contributed by atoms with Crippen molar-refractivity contribution in [1.82, 2.24) is 0 Å². The highest BCUT2D eigenvalue weighted by molar-refractivity contribution is 5.88. The van der Waals surface area contributed by atoms with Crippen LogP contribution in [0.1, 0.15) is 28.7 Å². The van der Waals surface area contributed by atoms with Crippen LogP contribution in [0.25, 0.3) is 21.5 Å². The van der Waals surface area contributed by atoms with Crippen molar-refractivity contribution in [2.75, 3.05) is 13.2 Å². The highest BCUT2D eigenvalue weighted by atomic mass is 16.5. The second kappa shape index (κ2) is 9.38. The Morgan fingerprint density at radius 2 is 1.29 bits per heavy atom. The van der Waals surface area contributed by atoms with Crippen LogP contribution >= 0.6 is 0 Å². The Morgan fingerprint density at radius 3 is 1.85 bits per heavy atom. The van der Waals surface area contributed by atoms with E-state index >= 15 is 0 Å². The van der Waals surface area contributed by atoms with E-state index in [9.17, 15) is 0 Å². The van der Waals surface area contributed by atoms with Crippen LogP contribution in [0.3, 0.4) is 0 Å². The SMILES string of the molecule is Cc1ccc2c(C)c(OCC3=CCC(COc4ccc5cc(C)ccc5c4C)C=C3)ccc2c1. The average Bonchev–Trinajstić information content (AvgIpc) is 2.84. The quantitative estimate of drug-likeness (QED) is 0.296. The Kier molecular flexibility index (Phi) is 6.15. The third-order valence-corrected chi connectivity index (χ3v) is 6.90. The fourth-order valence-electron chi connectivity index (χ4n) is 4.78. The molecule has 0 radical (unpaired) electrons. The molecule has 0 heterocycles. The monoisotopic (exact) mass is 448 g/mol. The van der Waals surface area contributed by atoms with Crippen molar-refractivity contribution in [3.8, 4) is 11.5 Å². The lowest BCUT2D eigenvalue weighted by atomic mass is 9.97. The summed E-state index contributed by atoms with van der Waals surface area (Å²) in [5.41, 5.74) is 6.19. The number of hydrogen-bond acceptors (Lipinski definition) is 2. The minimum Gasteiger partial charge on any atom is -0.493 e. The van der Waals surface area contributed by atoms with Crippen molar-refractivity contribution >= 4 is 21.5 Å². The Balaban J connectivity index is 1.18. The number of aryl methyl sites for hydroxylation is 4. The van der Waals surface area contributed by atoms with Gasteiger partial charge in [-0.3, -0.25) is 0 Å². The van der Waals surface area contributed by atoms with Crippen molar-refractivity contribution in [2.24, 2.45) is 5.92 Å². The summed E-state index contributed by atoms with van der Waals surface area (Å²) in [5, 5.41) is 5.06. The summed E-state index contributed by atoms with van der Waals surface area (Å²) in [4.78, 5) is 0. The Bertz CT molecular complexity index is 1420. The van der Waals surface area contributed by atoms with E-state index in [0.29, 0.717) is 19.1 Å². The predicted octanol–water partition coefficient (Wildman–Crippen LogP) is 8.19. The topological polar surface area (TPSA) is 18.5 Å². The van der Waals surface area contributed by atoms with Gasteiger partial charge in [-0.05, 0) is 84.5 Å². The van der Waals surface area contributed by atoms with Crippen LogP contribution in [0, 0.1) is 33.6 Å². The molecule has 0 amide bonds. The molecule has 0 fully saturated rings. The van der Waals surface area contributed by atoms with Gasteiger partial charge in [0.05, 0.1) is 6.61 Å². The first kappa shape index (κ1) is 22.3. The van der Waals surface area contributed by atoms with Crippen molar-refractivity contribution in [2.45, 2.75) is 34.1 Å². The van der Waals surface area contributed by atoms with E-state index in [1.165, 1.54) is 49.4 Å². The molecule has 0 spiro atoms. The van der Waals surface area contributed by atoms with E-state index in [1.54, 1.807) is 0 Å². The van der Waals surface area contributed by atoms with Crippen molar-refractivity contribution < 1.29 is 9.47 Å². The molecule has 34 heavy (non-hydrogen) atoms. The third kappa shape index (κ3) is 4.59. The van der Waals surface area contributed by atoms with Crippen molar-refractivity contribution in [1.29, 1.82) is 0 Å². The molecule has 1 atom stereocenters. The maximum Gasteiger partial charge on any atom is 0.123 e. The molecule has 0 saturated carbocycles. The van der Waals surface area contributed by atoms with E-state index in [0.717, 1.165) is 17.9 Å². The van der Waals surface area contributed by atoms with Crippen LogP contribution in [-0.4, -0.2) is 13.2 Å². The first-order valence-electron chi connectivity index (χ1n) is 12.1. The number of allylic oxidation sites excluding steroid dienone is 1. The van der Waals surface area contributed by atoms with Gasteiger partial charge in [-0.15, -0.1) is 0 Å². The van der Waals surface area contributed by atoms with Gasteiger partial charge < -0.3 is 9.47 Å². The molecule has 4 aromatic carbocycles. The maximum absolute atomic E-state index is 6.23. The Labute approximate surface area is 202 Å². The van der Waals surface area contributed by atoms with Gasteiger partial charge >= 0.3 is 0 Å². The molecule has 0 bridgehead atoms. The lowest BCUT2D eigenvalue weighted by Gasteiger charge is -2.19. The number of hydrogen-bond donors (Lipinski definition) is 0. The average molecular weight is 449 g/mol. The van der Waals surface area contributed by atoms with E-state index in [2.05, 4.69) is 107 Å². The van der Waals surface area contributed by atoms with Crippen LogP contribution in [0.5, 0.6) is 11.5 Å². The van der Waals surface area contributed by atoms with Crippen LogP contribution in [0.4, 0.5) is 0 Å². The Hall–Kier alpha value is -3.52. The molecule has 0 aromatic heterocycles. The van der Waals surface area contributed by atoms with Crippen LogP contribution in [-0.2, 0) is 0 Å². The minimum absolute atomic E-state index is 0.377. The zero-order valence-electron chi connectivity index (χ0n) is 20.5. The number of rotatable bonds is 6. The van der Waals surface area contributed by atoms with Gasteiger partial charge in [-0.1, -0.05) is 77.9 Å². The van der Waals surface area contributed by atoms with E-state index in [4.69, 9.17) is 9.47 Å². The van der Waals surface area contributed by atoms with Crippen molar-refractivity contribution in [3.63, 3.8) is 0 Å². The molecule has 1 unspecified atom stereocenters. The normalized spacial score (nSPS) is 15.5. The molecule has 2 heteroatoms. The summed E-state index contributed by atoms with van der Waals surface area (Å²) < 4.78 is 12.4. The van der Waals surface area contributed by atoms with Crippen LogP contribution in [0.2, 0.25) is 0 Å². The van der Waals surface area contributed by atoms with E-state index in [-0.39, 0.29) is 0 Å². The third-order valence-electron chi connectivity index (χ3n) is 6.90. The van der Waals surface area contributed by atoms with E-state index < -0.39 is 0 Å². The largest absolute Gasteiger partial charge is 0.493 e. The number of fused-ring (bicyclic) bond motifs is 2. The van der Waals surface area contributed by atoms with Gasteiger partial charge in [0.2, 0.25) is 0 Å². The fourth-order valence-corrected chi connectivity index (χ4v) is 4.78. The maximum atomic E-state index is 6.23. The second-order valence-corrected chi connectivity index (χ2v) is 9.56. The lowest BCUT2D eigenvalue weighted by Crippen LogP contribution is -2.13. The molecule has 0 aliphatic heterocycles. The highest BCUT2D eigenvalue weighted by Crippen LogP contribution is 2.30. The summed E-state index contributed by atoms with van der Waals surface area (Å²) in [7, 11) is 0. The Morgan fingerprint density at radius 1 is 0.706 bits per heavy atom. The van der Waals surface area contributed by atoms with Gasteiger partial charge in [0.25, 0.3) is 0 Å². The molecule has 5 rings (SSSR count). The summed E-state index contributed by atoms with van der Waals surface area (Å²) in [6.07, 6.45) is 7.70. The van der Waals surface area contributed by atoms with Crippen molar-refractivity contribution in [3.05, 3.63) is 107 Å². The molecule has 172 valence electrons. The summed E-state index contributed by atoms with van der Waals surface area (Å²) in [6, 6.07) is 21.7. The van der Waals surface area contributed by atoms with Gasteiger partial charge in [0.15, 0.2) is 0 Å². The standard InChI is InChI=1S/C32H32O2/c1-21-5-13-29-23(3)31(15-11-27(29)17-21)33-19-25-7-9-26(10-8-25)20-34-32-16-12-28-18-22(2)6-14-30(28)24(32)4/h5-9,11-18,26H,10,19-20H2,1-4H3. The summed E-state index contributed by atoms with van der Waals surface area (Å²) >= 11 is 0. The van der Waals surface area contributed by atoms with Gasteiger partial charge in [0.1, 0.15) is 18.1 Å². The molecule has 0 N–H and O–H groups in total. The number of ether oxygens (including phenoxy) is 2. The summed E-state index contributed by atoms with van der Waals surface area (Å²) in [6.45, 7) is 9.82. The van der Waals surface area contributed by atoms with Crippen LogP contribution < -0.4 is 9.47 Å². The van der Waals surface area contributed by atoms with Gasteiger partial charge in [0, 0.05) is 5.92 Å². The molecular formula is C32H32O2. The predicted molar refractivity (Wildman–Crippen MR) is 143 cm³/mol. The van der Waals surface area contributed by atoms with Gasteiger partial charge in [-0.25, -0.2) is 0 Å². The smallest absolute Gasteiger partial charge is 0.123 e. The zero-order valence-corrected chi connectivity index (χ0v) is 20.5. The molecule has 2 nitrogen and oxygen atoms in total. The summed E-state index contributed by atoms with van der Waals surface area (Å²) in [5.74, 6) is 2.31. The molecule has 4 aromatic rings. The molecule has 1 aliphatic carbocycles. The molecular weight excluding hydrogens is 416 g/mol. The van der Waals surface area contributed by atoms with Crippen LogP contribution in [0.15, 0.2) is 84.5 Å². The van der Waals surface area contributed by atoms with Gasteiger partial charge in [-0.2, -0.15) is 0 Å². The highest BCUT2D eigenvalue weighted by Gasteiger charge is 2.13. The first-order valence-corrected chi connectivity index (χ1v) is 12.1. The fraction of sp³-hybridized carbons (Fsp3) is 0.250. The minimum atomic E-state index is 0.377. The molecule has 1 aliphatic rings. The number of benzene rings is 4. The zero-order chi connectivity index (χ0) is 23.7. The first-order chi connectivity index (χ1) is 16.5. The second-order valence-electron chi connectivity index (χ2n) is 9.56. The molecule has 0 saturated heterocycles. The van der Waals surface area contributed by atoms with E-state index in [1.807, 2.05) is 0 Å².